The van der Waals surface area contributed by atoms with Crippen LogP contribution in [0.2, 0.25) is 5.02 Å². The van der Waals surface area contributed by atoms with E-state index in [4.69, 9.17) is 35.3 Å². The minimum atomic E-state index is -1.40. The zero-order valence-corrected chi connectivity index (χ0v) is 52.2. The maximum absolute atomic E-state index is 10.5. The predicted molar refractivity (Wildman–Crippen MR) is 336 cm³/mol. The zero-order valence-electron chi connectivity index (χ0n) is 51.4. The number of ether oxygens (including phenoxy) is 5. The summed E-state index contributed by atoms with van der Waals surface area (Å²) in [5.74, 6) is 2.05. The molecule has 5 fully saturated rings. The Morgan fingerprint density at radius 2 is 0.856 bits per heavy atom. The van der Waals surface area contributed by atoms with Crippen LogP contribution in [0.3, 0.4) is 0 Å². The van der Waals surface area contributed by atoms with E-state index < -0.39 is 105 Å². The molecule has 6 heterocycles. The first-order chi connectivity index (χ1) is 43.2. The molecule has 8 aliphatic rings. The molecule has 15 atom stereocenters. The average molecular weight is 1260 g/mol. The first-order valence-electron chi connectivity index (χ1n) is 31.8. The van der Waals surface area contributed by atoms with Gasteiger partial charge in [-0.05, 0) is 176 Å². The van der Waals surface area contributed by atoms with Crippen molar-refractivity contribution in [1.29, 1.82) is 0 Å². The molecule has 0 amide bonds. The molecule has 6 aromatic rings. The Morgan fingerprint density at radius 1 is 0.444 bits per heavy atom. The minimum absolute atomic E-state index is 0.316. The molecule has 3 saturated heterocycles. The Hall–Kier alpha value is -5.39. The van der Waals surface area contributed by atoms with Crippen LogP contribution in [0.5, 0.6) is 11.5 Å². The van der Waals surface area contributed by atoms with E-state index in [0.29, 0.717) is 27.8 Å². The number of aliphatic hydroxyl groups is 11. The Balaban J connectivity index is 0.000000131. The lowest BCUT2D eigenvalue weighted by Gasteiger charge is -2.40. The van der Waals surface area contributed by atoms with Gasteiger partial charge in [-0.25, -0.2) is 0 Å². The Morgan fingerprint density at radius 3 is 1.33 bits per heavy atom. The summed E-state index contributed by atoms with van der Waals surface area (Å²) in [6.45, 7) is 8.47. The molecule has 17 nitrogen and oxygen atoms in total. The third-order valence-corrected chi connectivity index (χ3v) is 20.8. The molecule has 2 saturated carbocycles. The number of aliphatic hydroxyl groups excluding tert-OH is 11. The largest absolute Gasteiger partial charge is 0.493 e. The SMILES string of the molecule is CN1Cc2ccc(Cc3cc([C@@H]4O[C@H](CO)[C@@H](O)[C@H](O)[C@H]4O)ccc3Cl)cc2C1.Cc1ccc([C@@H]2O[C@H](C)[C@@H](O)[C@H](O)[C@H]2O)cc1Cc1ccc2c(c1)C1(CCO2)CC1.Cc1ccc([C@@H]2O[C@H](CO)[C@@H](O)[C@H](O)[C@H]2O)cc1Cc1ccc2c(c1)C1(CCO2)CC1. The van der Waals surface area contributed by atoms with Crippen molar-refractivity contribution < 1.29 is 79.9 Å². The minimum Gasteiger partial charge on any atom is -0.493 e. The molecule has 2 aliphatic carbocycles. The molecule has 18 heteroatoms. The van der Waals surface area contributed by atoms with E-state index in [1.54, 1.807) is 19.1 Å². The van der Waals surface area contributed by atoms with E-state index in [0.717, 1.165) is 102 Å². The first-order valence-corrected chi connectivity index (χ1v) is 32.1. The Labute approximate surface area is 530 Å². The fraction of sp³-hybridized carbons (Fsp3) is 0.500. The van der Waals surface area contributed by atoms with Crippen molar-refractivity contribution in [3.63, 3.8) is 0 Å². The summed E-state index contributed by atoms with van der Waals surface area (Å²) in [5.41, 5.74) is 17.3. The van der Waals surface area contributed by atoms with Gasteiger partial charge in [-0.2, -0.15) is 0 Å². The fourth-order valence-electron chi connectivity index (χ4n) is 14.3. The third kappa shape index (κ3) is 13.1. The second kappa shape index (κ2) is 26.5. The molecule has 0 bridgehead atoms. The van der Waals surface area contributed by atoms with Crippen LogP contribution >= 0.6 is 11.6 Å². The van der Waals surface area contributed by atoms with Crippen LogP contribution in [0.15, 0.2) is 109 Å². The Kier molecular flexibility index (Phi) is 19.1. The van der Waals surface area contributed by atoms with Gasteiger partial charge in [0.25, 0.3) is 0 Å². The summed E-state index contributed by atoms with van der Waals surface area (Å²) in [4.78, 5) is 2.27. The fourth-order valence-corrected chi connectivity index (χ4v) is 14.5. The van der Waals surface area contributed by atoms with Crippen LogP contribution in [-0.2, 0) is 57.4 Å². The van der Waals surface area contributed by atoms with Crippen LogP contribution in [0.1, 0.15) is 147 Å². The maximum Gasteiger partial charge on any atom is 0.123 e. The second-order valence-corrected chi connectivity index (χ2v) is 27.1. The molecule has 482 valence electrons. The number of halogens is 1. The third-order valence-electron chi connectivity index (χ3n) is 20.4. The molecular weight excluding hydrogens is 1170 g/mol. The lowest BCUT2D eigenvalue weighted by Crippen LogP contribution is -2.55. The summed E-state index contributed by atoms with van der Waals surface area (Å²) < 4.78 is 29.0. The molecule has 0 unspecified atom stereocenters. The summed E-state index contributed by atoms with van der Waals surface area (Å²) in [6, 6.07) is 36.7. The van der Waals surface area contributed by atoms with Gasteiger partial charge in [0.2, 0.25) is 0 Å². The molecule has 6 aliphatic heterocycles. The molecule has 0 radical (unpaired) electrons. The van der Waals surface area contributed by atoms with E-state index in [-0.39, 0.29) is 0 Å². The van der Waals surface area contributed by atoms with E-state index in [1.165, 1.54) is 64.6 Å². The topological polar surface area (TPSA) is 272 Å². The zero-order chi connectivity index (χ0) is 63.5. The standard InChI is InChI=1S/C25H30O6.C25H30O5.C22H26ClNO5/c1-14-2-4-16(24-23(29)22(28)21(27)20(13-26)31-24)12-17(14)10-15-3-5-19-18(11-15)25(6-7-25)8-9-30-19;1-14-3-5-17(24-23(28)22(27)21(26)15(2)30-24)13-18(14)11-16-4-6-20-19(12-16)25(7-8-25)9-10-29-20;1-24-9-14-3-2-12(7-16(14)10-24)6-15-8-13(4-5-17(15)23)22-21(28)20(27)19(26)18(11-25)29-22/h2-5,11-12,20-24,26-29H,6-10,13H2,1H3;3-6,12-13,15,21-24,26-28H,7-11H2,1-2H3;2-5,7-8,18-22,25-28H,6,9-11H2,1H3/t20-,21-,22+,23-,24+;15-,21-,22+,23-,24+;18-,19-,20+,21-,22+/m111/s1. The number of aryl methyl sites for hydroxylation is 2. The van der Waals surface area contributed by atoms with Gasteiger partial charge in [0.05, 0.1) is 32.5 Å². The summed E-state index contributed by atoms with van der Waals surface area (Å²) >= 11 is 6.43. The van der Waals surface area contributed by atoms with Crippen LogP contribution < -0.4 is 9.47 Å². The molecule has 11 N–H and O–H groups in total. The van der Waals surface area contributed by atoms with Crippen LogP contribution in [0.25, 0.3) is 0 Å². The highest BCUT2D eigenvalue weighted by molar-refractivity contribution is 6.31. The smallest absolute Gasteiger partial charge is 0.123 e. The lowest BCUT2D eigenvalue weighted by atomic mass is 9.86. The van der Waals surface area contributed by atoms with E-state index in [1.807, 2.05) is 36.4 Å². The van der Waals surface area contributed by atoms with Gasteiger partial charge in [-0.3, -0.25) is 4.90 Å². The Bertz CT molecular complexity index is 3530. The summed E-state index contributed by atoms with van der Waals surface area (Å²) in [5, 5.41) is 111. The van der Waals surface area contributed by atoms with Crippen molar-refractivity contribution >= 4 is 11.6 Å². The number of rotatable bonds is 11. The predicted octanol–water partition coefficient (Wildman–Crippen LogP) is 6.25. The summed E-state index contributed by atoms with van der Waals surface area (Å²) in [7, 11) is 2.10. The number of benzene rings is 6. The van der Waals surface area contributed by atoms with Crippen molar-refractivity contribution in [2.24, 2.45) is 0 Å². The van der Waals surface area contributed by atoms with Gasteiger partial charge in [0.1, 0.15) is 97.0 Å². The monoisotopic (exact) mass is 1260 g/mol. The van der Waals surface area contributed by atoms with Crippen LogP contribution in [0.4, 0.5) is 0 Å². The molecular formula is C72H86ClNO16. The number of fused-ring (bicyclic) bond motifs is 5. The highest BCUT2D eigenvalue weighted by atomic mass is 35.5. The molecule has 6 aromatic carbocycles. The number of nitrogens with zero attached hydrogens (tertiary/aromatic N) is 1. The van der Waals surface area contributed by atoms with Crippen LogP contribution in [-0.4, -0.2) is 168 Å². The number of hydrogen-bond donors (Lipinski definition) is 11. The molecule has 0 aromatic heterocycles. The molecule has 2 spiro atoms. The van der Waals surface area contributed by atoms with Gasteiger partial charge < -0.3 is 79.9 Å². The highest BCUT2D eigenvalue weighted by Gasteiger charge is 2.50. The van der Waals surface area contributed by atoms with Crippen LogP contribution in [0, 0.1) is 13.8 Å². The van der Waals surface area contributed by atoms with Crippen molar-refractivity contribution in [2.45, 2.75) is 194 Å². The quantitative estimate of drug-likeness (QED) is 0.0685. The first kappa shape index (κ1) is 64.7. The van der Waals surface area contributed by atoms with Gasteiger partial charge in [-0.15, -0.1) is 0 Å². The summed E-state index contributed by atoms with van der Waals surface area (Å²) in [6.07, 6.45) is -6.98. The van der Waals surface area contributed by atoms with E-state index >= 15 is 0 Å². The maximum atomic E-state index is 10.5. The van der Waals surface area contributed by atoms with Crippen molar-refractivity contribution in [2.75, 3.05) is 33.5 Å². The van der Waals surface area contributed by atoms with Crippen molar-refractivity contribution in [1.82, 2.24) is 4.90 Å². The van der Waals surface area contributed by atoms with Gasteiger partial charge >= 0.3 is 0 Å². The highest BCUT2D eigenvalue weighted by Crippen LogP contribution is 2.57. The second-order valence-electron chi connectivity index (χ2n) is 26.7. The normalized spacial score (nSPS) is 31.0. The molecule has 90 heavy (non-hydrogen) atoms. The van der Waals surface area contributed by atoms with Crippen molar-refractivity contribution in [3.8, 4) is 11.5 Å². The van der Waals surface area contributed by atoms with Crippen molar-refractivity contribution in [3.05, 3.63) is 198 Å². The average Bonchev–Trinajstić information content (AvgIpc) is 1.60. The van der Waals surface area contributed by atoms with Gasteiger partial charge in [-0.1, -0.05) is 103 Å². The lowest BCUT2D eigenvalue weighted by molar-refractivity contribution is -0.231. The number of hydrogen-bond acceptors (Lipinski definition) is 17. The van der Waals surface area contributed by atoms with Gasteiger partial charge in [0.15, 0.2) is 0 Å². The van der Waals surface area contributed by atoms with E-state index in [9.17, 15) is 56.2 Å². The van der Waals surface area contributed by atoms with E-state index in [2.05, 4.69) is 86.5 Å². The molecule has 14 rings (SSSR count). The van der Waals surface area contributed by atoms with Gasteiger partial charge in [0, 0.05) is 40.1 Å².